The molecule has 80 valence electrons. The van der Waals surface area contributed by atoms with Crippen molar-refractivity contribution in [3.8, 4) is 0 Å². The van der Waals surface area contributed by atoms with Gasteiger partial charge in [-0.15, -0.1) is 0 Å². The van der Waals surface area contributed by atoms with Crippen LogP contribution in [0.15, 0.2) is 0 Å². The summed E-state index contributed by atoms with van der Waals surface area (Å²) in [4.78, 5) is 0. The van der Waals surface area contributed by atoms with E-state index in [4.69, 9.17) is 0 Å². The smallest absolute Gasteiger partial charge is 0.346 e. The molecule has 0 atom stereocenters. The number of unbranched alkanes of at least 4 members (excludes halogenated alkanes) is 2. The first-order valence-electron chi connectivity index (χ1n) is 4.83. The largest absolute Gasteiger partial charge is 2.00 e. The van der Waals surface area contributed by atoms with Gasteiger partial charge in [-0.05, 0) is 0 Å². The van der Waals surface area contributed by atoms with Crippen LogP contribution in [0.5, 0.6) is 0 Å². The van der Waals surface area contributed by atoms with Gasteiger partial charge in [-0.3, -0.25) is 0 Å². The minimum atomic E-state index is 0. The molecule has 0 amide bonds. The van der Waals surface area contributed by atoms with Crippen LogP contribution in [0.1, 0.15) is 53.4 Å². The topological polar surface area (TPSA) is 0 Å². The second-order valence-corrected chi connectivity index (χ2v) is 1.71. The molecular weight excluding hydrogens is 275 g/mol. The molecular formula is C12H28Zn2. The first kappa shape index (κ1) is 36.2. The molecule has 0 aliphatic heterocycles. The summed E-state index contributed by atoms with van der Waals surface area (Å²) >= 11 is 0. The first-order chi connectivity index (χ1) is 5.83. The Balaban J connectivity index is -0.0000000153. The quantitative estimate of drug-likeness (QED) is 0.502. The second kappa shape index (κ2) is 90.8. The van der Waals surface area contributed by atoms with Gasteiger partial charge >= 0.3 is 39.0 Å². The molecule has 0 rings (SSSR count). The molecule has 2 heteroatoms. The Morgan fingerprint density at radius 2 is 0.714 bits per heavy atom. The second-order valence-electron chi connectivity index (χ2n) is 1.71. The van der Waals surface area contributed by atoms with Crippen LogP contribution in [0.4, 0.5) is 0 Å². The van der Waals surface area contributed by atoms with Gasteiger partial charge < -0.3 is 27.7 Å². The third kappa shape index (κ3) is 188. The fourth-order valence-corrected chi connectivity index (χ4v) is 0. The van der Waals surface area contributed by atoms with Crippen LogP contribution < -0.4 is 0 Å². The molecule has 0 nitrogen and oxygen atoms in total. The van der Waals surface area contributed by atoms with E-state index in [0.717, 1.165) is 12.8 Å². The third-order valence-corrected chi connectivity index (χ3v) is 0.707. The molecule has 0 saturated heterocycles. The van der Waals surface area contributed by atoms with Gasteiger partial charge in [0.05, 0.1) is 0 Å². The number of hydrogen-bond acceptors (Lipinski definition) is 0. The Morgan fingerprint density at radius 3 is 0.714 bits per heavy atom. The van der Waals surface area contributed by atoms with E-state index in [-0.39, 0.29) is 39.0 Å². The van der Waals surface area contributed by atoms with Crippen LogP contribution in [0, 0.1) is 27.7 Å². The zero-order valence-electron chi connectivity index (χ0n) is 11.1. The van der Waals surface area contributed by atoms with Crippen LogP contribution in [0.3, 0.4) is 0 Å². The summed E-state index contributed by atoms with van der Waals surface area (Å²) in [7, 11) is 0. The minimum Gasteiger partial charge on any atom is -0.346 e. The van der Waals surface area contributed by atoms with Gasteiger partial charge in [0.1, 0.15) is 0 Å². The van der Waals surface area contributed by atoms with E-state index < -0.39 is 0 Å². The van der Waals surface area contributed by atoms with Crippen LogP contribution in [-0.4, -0.2) is 0 Å². The van der Waals surface area contributed by atoms with E-state index in [9.17, 15) is 0 Å². The maximum atomic E-state index is 3.60. The third-order valence-electron chi connectivity index (χ3n) is 0.707. The molecule has 0 spiro atoms. The number of rotatable bonds is 2. The molecule has 0 bridgehead atoms. The van der Waals surface area contributed by atoms with E-state index in [1.54, 1.807) is 13.8 Å². The predicted octanol–water partition coefficient (Wildman–Crippen LogP) is 4.92. The predicted molar refractivity (Wildman–Crippen MR) is 62.6 cm³/mol. The average Bonchev–Trinajstić information content (AvgIpc) is 2.23. The van der Waals surface area contributed by atoms with Crippen molar-refractivity contribution in [2.75, 3.05) is 0 Å². The van der Waals surface area contributed by atoms with E-state index in [2.05, 4.69) is 41.5 Å². The van der Waals surface area contributed by atoms with Gasteiger partial charge in [0.25, 0.3) is 0 Å². The summed E-state index contributed by atoms with van der Waals surface area (Å²) < 4.78 is 0. The van der Waals surface area contributed by atoms with Gasteiger partial charge in [0, 0.05) is 0 Å². The Morgan fingerprint density at radius 1 is 0.643 bits per heavy atom. The molecule has 0 unspecified atom stereocenters. The first-order valence-corrected chi connectivity index (χ1v) is 4.83. The van der Waals surface area contributed by atoms with Crippen molar-refractivity contribution < 1.29 is 39.0 Å². The van der Waals surface area contributed by atoms with Crippen molar-refractivity contribution in [3.05, 3.63) is 27.7 Å². The van der Waals surface area contributed by atoms with Gasteiger partial charge in [0.15, 0.2) is 0 Å². The maximum Gasteiger partial charge on any atom is 2.00 e. The van der Waals surface area contributed by atoms with E-state index in [0.29, 0.717) is 0 Å². The van der Waals surface area contributed by atoms with Crippen molar-refractivity contribution >= 4 is 0 Å². The molecule has 0 radical (unpaired) electrons. The summed E-state index contributed by atoms with van der Waals surface area (Å²) in [6, 6.07) is 0. The van der Waals surface area contributed by atoms with Crippen LogP contribution in [0.25, 0.3) is 0 Å². The molecule has 0 saturated carbocycles. The van der Waals surface area contributed by atoms with Crippen molar-refractivity contribution in [2.24, 2.45) is 0 Å². The summed E-state index contributed by atoms with van der Waals surface area (Å²) in [6.07, 6.45) is 4.56. The molecule has 0 aromatic rings. The van der Waals surface area contributed by atoms with Gasteiger partial charge in [-0.25, -0.2) is 0 Å². The average molecular weight is 303 g/mol. The molecule has 0 aromatic carbocycles. The molecule has 14 heavy (non-hydrogen) atoms. The Kier molecular flexibility index (Phi) is 235. The molecule has 0 aliphatic rings. The van der Waals surface area contributed by atoms with Gasteiger partial charge in [-0.1, -0.05) is 26.7 Å². The van der Waals surface area contributed by atoms with Crippen molar-refractivity contribution in [1.82, 2.24) is 0 Å². The fraction of sp³-hybridized carbons (Fsp3) is 0.667. The van der Waals surface area contributed by atoms with Crippen LogP contribution >= 0.6 is 0 Å². The Bertz CT molecular complexity index is 16.3. The van der Waals surface area contributed by atoms with E-state index >= 15 is 0 Å². The van der Waals surface area contributed by atoms with Crippen molar-refractivity contribution in [2.45, 2.75) is 53.4 Å². The monoisotopic (exact) mass is 300 g/mol. The van der Waals surface area contributed by atoms with Crippen molar-refractivity contribution in [3.63, 3.8) is 0 Å². The van der Waals surface area contributed by atoms with E-state index in [1.165, 1.54) is 12.8 Å². The van der Waals surface area contributed by atoms with Gasteiger partial charge in [-0.2, -0.15) is 26.7 Å². The molecule has 0 fully saturated rings. The maximum absolute atomic E-state index is 3.60. The number of hydrogen-bond donors (Lipinski definition) is 0. The SMILES string of the molecule is [CH2-]C.[CH2-]C.[CH2-]CCC.[CH2-]CCC.[Zn+2].[Zn+2]. The molecule has 0 aromatic heterocycles. The fourth-order valence-electron chi connectivity index (χ4n) is 0. The summed E-state index contributed by atoms with van der Waals surface area (Å²) in [5.74, 6) is 0. The Hall–Kier alpha value is 1.25. The van der Waals surface area contributed by atoms with Crippen LogP contribution in [-0.2, 0) is 39.0 Å². The molecule has 0 heterocycles. The zero-order valence-corrected chi connectivity index (χ0v) is 17.0. The molecule has 0 aliphatic carbocycles. The summed E-state index contributed by atoms with van der Waals surface area (Å²) in [6.45, 7) is 21.4. The Labute approximate surface area is 120 Å². The van der Waals surface area contributed by atoms with E-state index in [1.807, 2.05) is 0 Å². The minimum absolute atomic E-state index is 0. The standard InChI is InChI=1S/2C4H9.2C2H5.2Zn/c2*1-3-4-2;2*1-2;;/h2*1,3-4H2,2H3;2*1H2,2H3;;/q4*-1;2*+2. The molecule has 0 N–H and O–H groups in total. The van der Waals surface area contributed by atoms with Crippen LogP contribution in [0.2, 0.25) is 0 Å². The summed E-state index contributed by atoms with van der Waals surface area (Å²) in [5.41, 5.74) is 0. The summed E-state index contributed by atoms with van der Waals surface area (Å²) in [5, 5.41) is 0. The normalized spacial score (nSPS) is 5.14. The van der Waals surface area contributed by atoms with Crippen molar-refractivity contribution in [1.29, 1.82) is 0 Å². The zero-order chi connectivity index (χ0) is 10.8. The van der Waals surface area contributed by atoms with Gasteiger partial charge in [0.2, 0.25) is 0 Å².